The molecule has 0 bridgehead atoms. The molecule has 0 N–H and O–H groups in total. The number of aldehydes is 1. The number of carbonyl (C=O) groups excluding carboxylic acids is 3. The Balaban J connectivity index is 4.30. The van der Waals surface area contributed by atoms with Gasteiger partial charge in [0.1, 0.15) is 12.1 Å². The molecule has 74 valence electrons. The van der Waals surface area contributed by atoms with E-state index >= 15 is 0 Å². The van der Waals surface area contributed by atoms with Gasteiger partial charge in [-0.05, 0) is 6.42 Å². The summed E-state index contributed by atoms with van der Waals surface area (Å²) in [4.78, 5) is 32.7. The highest BCUT2D eigenvalue weighted by Gasteiger charge is 2.23. The third-order valence-corrected chi connectivity index (χ3v) is 2.07. The molecule has 0 aromatic carbocycles. The van der Waals surface area contributed by atoms with Crippen LogP contribution in [0.4, 0.5) is 0 Å². The van der Waals surface area contributed by atoms with Gasteiger partial charge in [-0.2, -0.15) is 12.6 Å². The van der Waals surface area contributed by atoms with Gasteiger partial charge in [0.15, 0.2) is 5.78 Å². The van der Waals surface area contributed by atoms with E-state index in [1.807, 2.05) is 6.92 Å². The Morgan fingerprint density at radius 1 is 1.38 bits per heavy atom. The Morgan fingerprint density at radius 3 is 2.38 bits per heavy atom. The molecular weight excluding hydrogens is 188 g/mol. The van der Waals surface area contributed by atoms with Crippen LogP contribution in [0.25, 0.3) is 0 Å². The zero-order valence-electron chi connectivity index (χ0n) is 7.66. The van der Waals surface area contributed by atoms with Gasteiger partial charge in [0, 0.05) is 18.6 Å². The maximum atomic E-state index is 11.3. The average molecular weight is 202 g/mol. The minimum Gasteiger partial charge on any atom is -0.303 e. The second kappa shape index (κ2) is 6.83. The van der Waals surface area contributed by atoms with Crippen LogP contribution < -0.4 is 0 Å². The molecule has 0 rings (SSSR count). The molecule has 0 radical (unpaired) electrons. The summed E-state index contributed by atoms with van der Waals surface area (Å²) in [6.07, 6.45) is 1.67. The summed E-state index contributed by atoms with van der Waals surface area (Å²) >= 11 is 3.79. The van der Waals surface area contributed by atoms with Gasteiger partial charge in [0.05, 0.1) is 5.92 Å². The number of Topliss-reactive ketones (excluding diaryl/α,β-unsaturated/α-hetero) is 2. The highest BCUT2D eigenvalue weighted by atomic mass is 32.1. The highest BCUT2D eigenvalue weighted by Crippen LogP contribution is 2.09. The van der Waals surface area contributed by atoms with Gasteiger partial charge in [0.2, 0.25) is 0 Å². The first-order valence-corrected chi connectivity index (χ1v) is 4.90. The third kappa shape index (κ3) is 4.22. The van der Waals surface area contributed by atoms with Crippen molar-refractivity contribution in [1.29, 1.82) is 0 Å². The summed E-state index contributed by atoms with van der Waals surface area (Å²) in [5.41, 5.74) is 0. The molecule has 3 nitrogen and oxygen atoms in total. The molecule has 0 aliphatic heterocycles. The Labute approximate surface area is 83.3 Å². The van der Waals surface area contributed by atoms with Crippen molar-refractivity contribution in [2.75, 3.05) is 5.75 Å². The van der Waals surface area contributed by atoms with Crippen molar-refractivity contribution >= 4 is 30.5 Å². The molecule has 1 atom stereocenters. The average Bonchev–Trinajstić information content (AvgIpc) is 2.13. The maximum absolute atomic E-state index is 11.3. The largest absolute Gasteiger partial charge is 0.303 e. The Morgan fingerprint density at radius 2 is 2.00 bits per heavy atom. The first-order valence-electron chi connectivity index (χ1n) is 4.27. The normalized spacial score (nSPS) is 12.2. The molecule has 0 aromatic rings. The molecule has 0 fully saturated rings. The van der Waals surface area contributed by atoms with E-state index in [0.717, 1.165) is 0 Å². The SMILES string of the molecule is CCCC(=O)C(CC=O)C(=O)CS. The van der Waals surface area contributed by atoms with Crippen LogP contribution >= 0.6 is 12.6 Å². The van der Waals surface area contributed by atoms with Gasteiger partial charge in [-0.25, -0.2) is 0 Å². The number of thiol groups is 1. The van der Waals surface area contributed by atoms with Crippen LogP contribution in [0.2, 0.25) is 0 Å². The lowest BCUT2D eigenvalue weighted by atomic mass is 9.94. The fourth-order valence-corrected chi connectivity index (χ4v) is 1.29. The lowest BCUT2D eigenvalue weighted by Crippen LogP contribution is -2.25. The smallest absolute Gasteiger partial charge is 0.153 e. The predicted octanol–water partition coefficient (Wildman–Crippen LogP) is 1.06. The minimum absolute atomic E-state index is 0.00176. The second-order valence-corrected chi connectivity index (χ2v) is 3.11. The van der Waals surface area contributed by atoms with E-state index in [1.54, 1.807) is 0 Å². The van der Waals surface area contributed by atoms with E-state index in [4.69, 9.17) is 0 Å². The molecule has 4 heteroatoms. The molecule has 0 aliphatic carbocycles. The Hall–Kier alpha value is -0.640. The van der Waals surface area contributed by atoms with E-state index in [0.29, 0.717) is 19.1 Å². The zero-order chi connectivity index (χ0) is 10.3. The molecular formula is C9H14O3S. The van der Waals surface area contributed by atoms with Gasteiger partial charge in [0.25, 0.3) is 0 Å². The van der Waals surface area contributed by atoms with Crippen molar-refractivity contribution in [2.45, 2.75) is 26.2 Å². The third-order valence-electron chi connectivity index (χ3n) is 1.76. The van der Waals surface area contributed by atoms with Crippen molar-refractivity contribution in [3.8, 4) is 0 Å². The molecule has 0 saturated carbocycles. The molecule has 13 heavy (non-hydrogen) atoms. The number of hydrogen-bond acceptors (Lipinski definition) is 4. The first kappa shape index (κ1) is 12.4. The fraction of sp³-hybridized carbons (Fsp3) is 0.667. The van der Waals surface area contributed by atoms with Crippen LogP contribution in [0.3, 0.4) is 0 Å². The van der Waals surface area contributed by atoms with Crippen LogP contribution in [0, 0.1) is 5.92 Å². The van der Waals surface area contributed by atoms with Gasteiger partial charge in [-0.15, -0.1) is 0 Å². The van der Waals surface area contributed by atoms with E-state index in [-0.39, 0.29) is 23.7 Å². The Kier molecular flexibility index (Phi) is 6.49. The topological polar surface area (TPSA) is 51.2 Å². The molecule has 0 amide bonds. The number of rotatable bonds is 7. The van der Waals surface area contributed by atoms with Crippen LogP contribution in [0.15, 0.2) is 0 Å². The number of carbonyl (C=O) groups is 3. The second-order valence-electron chi connectivity index (χ2n) is 2.80. The lowest BCUT2D eigenvalue weighted by Gasteiger charge is -2.09. The van der Waals surface area contributed by atoms with Gasteiger partial charge < -0.3 is 4.79 Å². The predicted molar refractivity (Wildman–Crippen MR) is 52.9 cm³/mol. The lowest BCUT2D eigenvalue weighted by molar-refractivity contribution is -0.133. The zero-order valence-corrected chi connectivity index (χ0v) is 8.55. The summed E-state index contributed by atoms with van der Waals surface area (Å²) in [6, 6.07) is 0. The minimum atomic E-state index is -0.755. The van der Waals surface area contributed by atoms with E-state index < -0.39 is 5.92 Å². The standard InChI is InChI=1S/C9H14O3S/c1-2-3-8(11)7(4-5-10)9(12)6-13/h5,7,13H,2-4,6H2,1H3. The van der Waals surface area contributed by atoms with Crippen molar-refractivity contribution in [3.05, 3.63) is 0 Å². The van der Waals surface area contributed by atoms with E-state index in [1.165, 1.54) is 0 Å². The molecule has 0 heterocycles. The van der Waals surface area contributed by atoms with Gasteiger partial charge in [-0.3, -0.25) is 9.59 Å². The van der Waals surface area contributed by atoms with Crippen LogP contribution in [-0.2, 0) is 14.4 Å². The molecule has 0 aromatic heterocycles. The van der Waals surface area contributed by atoms with Crippen molar-refractivity contribution < 1.29 is 14.4 Å². The summed E-state index contributed by atoms with van der Waals surface area (Å²) in [5, 5.41) is 0. The van der Waals surface area contributed by atoms with E-state index in [9.17, 15) is 14.4 Å². The first-order chi connectivity index (χ1) is 6.17. The van der Waals surface area contributed by atoms with Crippen molar-refractivity contribution in [1.82, 2.24) is 0 Å². The fourth-order valence-electron chi connectivity index (χ4n) is 1.07. The monoisotopic (exact) mass is 202 g/mol. The van der Waals surface area contributed by atoms with Gasteiger partial charge >= 0.3 is 0 Å². The number of ketones is 2. The van der Waals surface area contributed by atoms with Crippen LogP contribution in [-0.4, -0.2) is 23.6 Å². The summed E-state index contributed by atoms with van der Waals surface area (Å²) in [5.74, 6) is -1.13. The quantitative estimate of drug-likeness (QED) is 0.381. The highest BCUT2D eigenvalue weighted by molar-refractivity contribution is 7.81. The molecule has 0 saturated heterocycles. The summed E-state index contributed by atoms with van der Waals surface area (Å²) in [6.45, 7) is 1.86. The van der Waals surface area contributed by atoms with Gasteiger partial charge in [-0.1, -0.05) is 6.92 Å². The molecule has 0 aliphatic rings. The molecule has 1 unspecified atom stereocenters. The number of hydrogen-bond donors (Lipinski definition) is 1. The summed E-state index contributed by atoms with van der Waals surface area (Å²) < 4.78 is 0. The van der Waals surface area contributed by atoms with E-state index in [2.05, 4.69) is 12.6 Å². The maximum Gasteiger partial charge on any atom is 0.153 e. The molecule has 0 spiro atoms. The Bertz CT molecular complexity index is 201. The van der Waals surface area contributed by atoms with Crippen molar-refractivity contribution in [2.24, 2.45) is 5.92 Å². The van der Waals surface area contributed by atoms with Crippen molar-refractivity contribution in [3.63, 3.8) is 0 Å². The summed E-state index contributed by atoms with van der Waals surface area (Å²) in [7, 11) is 0. The van der Waals surface area contributed by atoms with Crippen LogP contribution in [0.1, 0.15) is 26.2 Å². The van der Waals surface area contributed by atoms with Crippen LogP contribution in [0.5, 0.6) is 0 Å².